The molecule has 0 aliphatic carbocycles. The predicted octanol–water partition coefficient (Wildman–Crippen LogP) is -0.102. The van der Waals surface area contributed by atoms with Gasteiger partial charge in [-0.3, -0.25) is 34.3 Å². The van der Waals surface area contributed by atoms with Gasteiger partial charge in [-0.05, 0) is 30.5 Å². The summed E-state index contributed by atoms with van der Waals surface area (Å²) in [5.41, 5.74) is 1.58. The SMILES string of the molecule is COCCC1CNCCN1Cc1ccc2c(c1)C(=O)N(C1CCC(=O)NC1=O)C2=O. The minimum absolute atomic E-state index is 0.112. The molecule has 1 aromatic rings. The van der Waals surface area contributed by atoms with Crippen LogP contribution in [0, 0.1) is 0 Å². The molecule has 2 fully saturated rings. The molecule has 0 spiro atoms. The van der Waals surface area contributed by atoms with Crippen LogP contribution in [0.25, 0.3) is 0 Å². The summed E-state index contributed by atoms with van der Waals surface area (Å²) in [4.78, 5) is 52.7. The quantitative estimate of drug-likeness (QED) is 0.626. The van der Waals surface area contributed by atoms with Crippen LogP contribution in [0.4, 0.5) is 0 Å². The van der Waals surface area contributed by atoms with Gasteiger partial charge in [-0.25, -0.2) is 0 Å². The van der Waals surface area contributed by atoms with E-state index in [2.05, 4.69) is 15.5 Å². The van der Waals surface area contributed by atoms with Crippen molar-refractivity contribution in [3.05, 3.63) is 34.9 Å². The third-order valence-electron chi connectivity index (χ3n) is 6.02. The van der Waals surface area contributed by atoms with E-state index in [1.807, 2.05) is 6.07 Å². The number of methoxy groups -OCH3 is 1. The monoisotopic (exact) mass is 414 g/mol. The van der Waals surface area contributed by atoms with Crippen molar-refractivity contribution in [2.75, 3.05) is 33.4 Å². The first kappa shape index (κ1) is 20.6. The van der Waals surface area contributed by atoms with E-state index in [1.54, 1.807) is 19.2 Å². The molecule has 2 atom stereocenters. The molecule has 4 rings (SSSR count). The number of nitrogens with one attached hydrogen (secondary N) is 2. The molecule has 0 radical (unpaired) electrons. The van der Waals surface area contributed by atoms with Crippen LogP contribution in [0.5, 0.6) is 0 Å². The molecule has 3 aliphatic rings. The molecule has 160 valence electrons. The van der Waals surface area contributed by atoms with Crippen LogP contribution in [-0.4, -0.2) is 78.9 Å². The molecule has 30 heavy (non-hydrogen) atoms. The molecule has 9 heteroatoms. The molecule has 4 amide bonds. The summed E-state index contributed by atoms with van der Waals surface area (Å²) in [6, 6.07) is 4.70. The van der Waals surface area contributed by atoms with E-state index in [-0.39, 0.29) is 18.7 Å². The lowest BCUT2D eigenvalue weighted by Gasteiger charge is -2.36. The molecule has 3 aliphatic heterocycles. The molecular formula is C21H26N4O5. The van der Waals surface area contributed by atoms with Gasteiger partial charge in [-0.2, -0.15) is 0 Å². The Kier molecular flexibility index (Phi) is 5.94. The van der Waals surface area contributed by atoms with Gasteiger partial charge in [0.25, 0.3) is 11.8 Å². The number of nitrogens with zero attached hydrogens (tertiary/aromatic N) is 2. The van der Waals surface area contributed by atoms with Crippen LogP contribution in [0.1, 0.15) is 45.5 Å². The second kappa shape index (κ2) is 8.63. The third kappa shape index (κ3) is 3.88. The summed E-state index contributed by atoms with van der Waals surface area (Å²) < 4.78 is 5.22. The summed E-state index contributed by atoms with van der Waals surface area (Å²) >= 11 is 0. The van der Waals surface area contributed by atoms with E-state index in [1.165, 1.54) is 0 Å². The summed E-state index contributed by atoms with van der Waals surface area (Å²) in [7, 11) is 1.69. The molecule has 1 aromatic carbocycles. The van der Waals surface area contributed by atoms with Crippen molar-refractivity contribution in [1.29, 1.82) is 0 Å². The van der Waals surface area contributed by atoms with Crippen LogP contribution < -0.4 is 10.6 Å². The van der Waals surface area contributed by atoms with Crippen LogP contribution in [0.3, 0.4) is 0 Å². The Morgan fingerprint density at radius 2 is 1.93 bits per heavy atom. The number of imide groups is 2. The lowest BCUT2D eigenvalue weighted by Crippen LogP contribution is -2.54. The Bertz CT molecular complexity index is 886. The first-order valence-electron chi connectivity index (χ1n) is 10.3. The van der Waals surface area contributed by atoms with Crippen molar-refractivity contribution in [3.8, 4) is 0 Å². The summed E-state index contributed by atoms with van der Waals surface area (Å²) in [6.07, 6.45) is 1.18. The van der Waals surface area contributed by atoms with Gasteiger partial charge in [0.05, 0.1) is 11.1 Å². The van der Waals surface area contributed by atoms with Crippen molar-refractivity contribution >= 4 is 23.6 Å². The highest BCUT2D eigenvalue weighted by Crippen LogP contribution is 2.29. The lowest BCUT2D eigenvalue weighted by atomic mass is 10.0. The van der Waals surface area contributed by atoms with E-state index in [9.17, 15) is 19.2 Å². The maximum absolute atomic E-state index is 13.0. The third-order valence-corrected chi connectivity index (χ3v) is 6.02. The first-order chi connectivity index (χ1) is 14.5. The predicted molar refractivity (Wildman–Crippen MR) is 107 cm³/mol. The topological polar surface area (TPSA) is 108 Å². The van der Waals surface area contributed by atoms with Crippen molar-refractivity contribution in [3.63, 3.8) is 0 Å². The number of hydrogen-bond acceptors (Lipinski definition) is 7. The number of ether oxygens (including phenoxy) is 1. The average molecular weight is 414 g/mol. The zero-order valence-electron chi connectivity index (χ0n) is 17.0. The largest absolute Gasteiger partial charge is 0.385 e. The highest BCUT2D eigenvalue weighted by molar-refractivity contribution is 6.23. The Morgan fingerprint density at radius 3 is 2.70 bits per heavy atom. The van der Waals surface area contributed by atoms with Gasteiger partial charge in [-0.15, -0.1) is 0 Å². The van der Waals surface area contributed by atoms with Crippen molar-refractivity contribution in [2.24, 2.45) is 0 Å². The minimum atomic E-state index is -0.940. The van der Waals surface area contributed by atoms with E-state index in [0.717, 1.165) is 36.5 Å². The first-order valence-corrected chi connectivity index (χ1v) is 10.3. The van der Waals surface area contributed by atoms with Crippen LogP contribution in [-0.2, 0) is 20.9 Å². The smallest absolute Gasteiger partial charge is 0.262 e. The summed E-state index contributed by atoms with van der Waals surface area (Å²) in [5.74, 6) is -1.92. The standard InChI is InChI=1S/C21H26N4O5/c1-30-9-6-14-11-22-7-8-24(14)12-13-2-3-15-16(10-13)21(29)25(20(15)28)17-4-5-18(26)23-19(17)27/h2-3,10,14,17,22H,4-9,11-12H2,1H3,(H,23,26,27). The van der Waals surface area contributed by atoms with Crippen LogP contribution >= 0.6 is 0 Å². The van der Waals surface area contributed by atoms with Gasteiger partial charge < -0.3 is 10.1 Å². The number of rotatable bonds is 6. The number of piperazine rings is 1. The molecular weight excluding hydrogens is 388 g/mol. The van der Waals surface area contributed by atoms with E-state index in [4.69, 9.17) is 4.74 Å². The maximum Gasteiger partial charge on any atom is 0.262 e. The molecule has 0 saturated carbocycles. The van der Waals surface area contributed by atoms with Gasteiger partial charge in [0.15, 0.2) is 0 Å². The zero-order valence-corrected chi connectivity index (χ0v) is 17.0. The van der Waals surface area contributed by atoms with Crippen LogP contribution in [0.15, 0.2) is 18.2 Å². The fraction of sp³-hybridized carbons (Fsp3) is 0.524. The number of piperidine rings is 1. The fourth-order valence-electron chi connectivity index (χ4n) is 4.40. The van der Waals surface area contributed by atoms with Crippen molar-refractivity contribution < 1.29 is 23.9 Å². The average Bonchev–Trinajstić information content (AvgIpc) is 2.98. The highest BCUT2D eigenvalue weighted by Gasteiger charge is 2.44. The Hall–Kier alpha value is -2.62. The molecule has 2 unspecified atom stereocenters. The molecule has 2 N–H and O–H groups in total. The number of carbonyl (C=O) groups is 4. The normalized spacial score (nSPS) is 24.9. The van der Waals surface area contributed by atoms with Crippen molar-refractivity contribution in [2.45, 2.75) is 37.9 Å². The molecule has 9 nitrogen and oxygen atoms in total. The van der Waals surface area contributed by atoms with Gasteiger partial charge >= 0.3 is 0 Å². The number of carbonyl (C=O) groups excluding carboxylic acids is 4. The second-order valence-corrected chi connectivity index (χ2v) is 7.94. The number of amides is 4. The van der Waals surface area contributed by atoms with Crippen LogP contribution in [0.2, 0.25) is 0 Å². The minimum Gasteiger partial charge on any atom is -0.385 e. The molecule has 0 bridgehead atoms. The zero-order chi connectivity index (χ0) is 21.3. The second-order valence-electron chi connectivity index (χ2n) is 7.94. The van der Waals surface area contributed by atoms with Gasteiger partial charge in [-0.1, -0.05) is 6.07 Å². The Morgan fingerprint density at radius 1 is 1.13 bits per heavy atom. The highest BCUT2D eigenvalue weighted by atomic mass is 16.5. The molecule has 2 saturated heterocycles. The number of hydrogen-bond donors (Lipinski definition) is 2. The van der Waals surface area contributed by atoms with Gasteiger partial charge in [0.1, 0.15) is 6.04 Å². The lowest BCUT2D eigenvalue weighted by molar-refractivity contribution is -0.136. The molecule has 3 heterocycles. The Balaban J connectivity index is 1.52. The fourth-order valence-corrected chi connectivity index (χ4v) is 4.40. The maximum atomic E-state index is 13.0. The molecule has 0 aromatic heterocycles. The summed E-state index contributed by atoms with van der Waals surface area (Å²) in [5, 5.41) is 5.61. The van der Waals surface area contributed by atoms with Gasteiger partial charge in [0.2, 0.25) is 11.8 Å². The Labute approximate surface area is 174 Å². The van der Waals surface area contributed by atoms with Gasteiger partial charge in [0, 0.05) is 52.4 Å². The number of fused-ring (bicyclic) bond motifs is 1. The van der Waals surface area contributed by atoms with Crippen molar-refractivity contribution in [1.82, 2.24) is 20.4 Å². The van der Waals surface area contributed by atoms with E-state index in [0.29, 0.717) is 30.3 Å². The van der Waals surface area contributed by atoms with E-state index >= 15 is 0 Å². The summed E-state index contributed by atoms with van der Waals surface area (Å²) in [6.45, 7) is 4.02. The van der Waals surface area contributed by atoms with E-state index < -0.39 is 23.8 Å². The number of benzene rings is 1.